The summed E-state index contributed by atoms with van der Waals surface area (Å²) in [5.41, 5.74) is 0.988. The molecule has 2 rings (SSSR count). The van der Waals surface area contributed by atoms with Gasteiger partial charge in [0.05, 0.1) is 19.3 Å². The highest BCUT2D eigenvalue weighted by molar-refractivity contribution is 9.10. The molecule has 0 saturated carbocycles. The lowest BCUT2D eigenvalue weighted by molar-refractivity contribution is -0.0443. The van der Waals surface area contributed by atoms with Crippen molar-refractivity contribution < 1.29 is 14.2 Å². The smallest absolute Gasteiger partial charge is 0.184 e. The minimum atomic E-state index is -0.257. The molecule has 0 unspecified atom stereocenters. The molecule has 1 fully saturated rings. The summed E-state index contributed by atoms with van der Waals surface area (Å²) in [6, 6.07) is 5.89. The van der Waals surface area contributed by atoms with Gasteiger partial charge in [-0.25, -0.2) is 0 Å². The van der Waals surface area contributed by atoms with Crippen LogP contribution in [0.4, 0.5) is 0 Å². The van der Waals surface area contributed by atoms with Gasteiger partial charge in [0.25, 0.3) is 0 Å². The standard InChI is InChI=1S/C12H15BrO3/c1-8(2)16-11-6-9(5-10(13)7-11)12-14-3-4-15-12/h5-8,12H,3-4H2,1-2H3. The Morgan fingerprint density at radius 3 is 2.56 bits per heavy atom. The van der Waals surface area contributed by atoms with Crippen molar-refractivity contribution in [1.29, 1.82) is 0 Å². The van der Waals surface area contributed by atoms with Crippen molar-refractivity contribution in [3.05, 3.63) is 28.2 Å². The van der Waals surface area contributed by atoms with Crippen LogP contribution in [0.1, 0.15) is 25.7 Å². The molecule has 1 aromatic rings. The SMILES string of the molecule is CC(C)Oc1cc(Br)cc(C2OCCO2)c1. The van der Waals surface area contributed by atoms with Gasteiger partial charge in [-0.05, 0) is 32.0 Å². The normalized spacial score (nSPS) is 17.0. The van der Waals surface area contributed by atoms with E-state index in [1.165, 1.54) is 0 Å². The van der Waals surface area contributed by atoms with E-state index in [1.54, 1.807) is 0 Å². The van der Waals surface area contributed by atoms with Gasteiger partial charge in [0, 0.05) is 10.0 Å². The third-order valence-electron chi connectivity index (χ3n) is 2.16. The fourth-order valence-electron chi connectivity index (χ4n) is 1.61. The molecular weight excluding hydrogens is 272 g/mol. The zero-order valence-corrected chi connectivity index (χ0v) is 11.0. The lowest BCUT2D eigenvalue weighted by Gasteiger charge is -2.14. The summed E-state index contributed by atoms with van der Waals surface area (Å²) < 4.78 is 17.5. The van der Waals surface area contributed by atoms with Gasteiger partial charge in [-0.3, -0.25) is 0 Å². The Hall–Kier alpha value is -0.580. The van der Waals surface area contributed by atoms with Crippen LogP contribution in [0.5, 0.6) is 5.75 Å². The van der Waals surface area contributed by atoms with Crippen molar-refractivity contribution in [1.82, 2.24) is 0 Å². The van der Waals surface area contributed by atoms with Gasteiger partial charge in [-0.15, -0.1) is 0 Å². The van der Waals surface area contributed by atoms with Crippen LogP contribution in [-0.2, 0) is 9.47 Å². The maximum absolute atomic E-state index is 5.65. The second-order valence-electron chi connectivity index (χ2n) is 3.96. The molecule has 4 heteroatoms. The van der Waals surface area contributed by atoms with E-state index in [9.17, 15) is 0 Å². The fraction of sp³-hybridized carbons (Fsp3) is 0.500. The zero-order chi connectivity index (χ0) is 11.5. The number of rotatable bonds is 3. The Labute approximate surface area is 104 Å². The van der Waals surface area contributed by atoms with Gasteiger partial charge in [0.15, 0.2) is 6.29 Å². The Balaban J connectivity index is 2.20. The monoisotopic (exact) mass is 286 g/mol. The number of hydrogen-bond acceptors (Lipinski definition) is 3. The van der Waals surface area contributed by atoms with Gasteiger partial charge in [0.2, 0.25) is 0 Å². The highest BCUT2D eigenvalue weighted by atomic mass is 79.9. The Kier molecular flexibility index (Phi) is 3.84. The fourth-order valence-corrected chi connectivity index (χ4v) is 2.10. The van der Waals surface area contributed by atoms with Gasteiger partial charge >= 0.3 is 0 Å². The van der Waals surface area contributed by atoms with Crippen LogP contribution >= 0.6 is 15.9 Å². The van der Waals surface area contributed by atoms with Crippen LogP contribution in [0.15, 0.2) is 22.7 Å². The van der Waals surface area contributed by atoms with E-state index in [2.05, 4.69) is 15.9 Å². The molecule has 0 amide bonds. The molecule has 0 N–H and O–H groups in total. The van der Waals surface area contributed by atoms with Crippen molar-refractivity contribution in [2.45, 2.75) is 26.2 Å². The van der Waals surface area contributed by atoms with E-state index in [4.69, 9.17) is 14.2 Å². The van der Waals surface area contributed by atoms with Crippen LogP contribution in [0.3, 0.4) is 0 Å². The second kappa shape index (κ2) is 5.17. The van der Waals surface area contributed by atoms with Crippen molar-refractivity contribution in [3.63, 3.8) is 0 Å². The van der Waals surface area contributed by atoms with Crippen molar-refractivity contribution in [2.75, 3.05) is 13.2 Å². The Bertz CT molecular complexity index is 359. The average molecular weight is 287 g/mol. The topological polar surface area (TPSA) is 27.7 Å². The van der Waals surface area contributed by atoms with E-state index in [-0.39, 0.29) is 12.4 Å². The molecule has 0 aromatic heterocycles. The van der Waals surface area contributed by atoms with Gasteiger partial charge in [-0.1, -0.05) is 15.9 Å². The predicted molar refractivity (Wildman–Crippen MR) is 64.6 cm³/mol. The molecule has 1 aromatic carbocycles. The maximum atomic E-state index is 5.65. The van der Waals surface area contributed by atoms with Crippen LogP contribution in [-0.4, -0.2) is 19.3 Å². The molecule has 0 spiro atoms. The minimum Gasteiger partial charge on any atom is -0.491 e. The summed E-state index contributed by atoms with van der Waals surface area (Å²) in [5, 5.41) is 0. The van der Waals surface area contributed by atoms with E-state index in [1.807, 2.05) is 32.0 Å². The molecule has 3 nitrogen and oxygen atoms in total. The van der Waals surface area contributed by atoms with Crippen LogP contribution in [0.25, 0.3) is 0 Å². The molecule has 0 bridgehead atoms. The molecule has 1 heterocycles. The van der Waals surface area contributed by atoms with Gasteiger partial charge in [0.1, 0.15) is 5.75 Å². The first-order chi connectivity index (χ1) is 7.65. The van der Waals surface area contributed by atoms with Crippen LogP contribution in [0.2, 0.25) is 0 Å². The highest BCUT2D eigenvalue weighted by Crippen LogP contribution is 2.30. The zero-order valence-electron chi connectivity index (χ0n) is 9.40. The number of ether oxygens (including phenoxy) is 3. The molecular formula is C12H15BrO3. The predicted octanol–water partition coefficient (Wildman–Crippen LogP) is 3.28. The third kappa shape index (κ3) is 2.97. The molecule has 1 aliphatic heterocycles. The number of halogens is 1. The largest absolute Gasteiger partial charge is 0.491 e. The summed E-state index contributed by atoms with van der Waals surface area (Å²) >= 11 is 3.46. The molecule has 16 heavy (non-hydrogen) atoms. The summed E-state index contributed by atoms with van der Waals surface area (Å²) in [6.07, 6.45) is -0.0976. The minimum absolute atomic E-state index is 0.160. The summed E-state index contributed by atoms with van der Waals surface area (Å²) in [4.78, 5) is 0. The number of benzene rings is 1. The summed E-state index contributed by atoms with van der Waals surface area (Å²) in [7, 11) is 0. The molecule has 88 valence electrons. The Morgan fingerprint density at radius 1 is 1.25 bits per heavy atom. The van der Waals surface area contributed by atoms with Crippen molar-refractivity contribution in [3.8, 4) is 5.75 Å². The molecule has 0 atom stereocenters. The lowest BCUT2D eigenvalue weighted by Crippen LogP contribution is -2.06. The second-order valence-corrected chi connectivity index (χ2v) is 4.88. The molecule has 1 saturated heterocycles. The summed E-state index contributed by atoms with van der Waals surface area (Å²) in [5.74, 6) is 0.832. The average Bonchev–Trinajstić information content (AvgIpc) is 2.67. The van der Waals surface area contributed by atoms with Crippen molar-refractivity contribution in [2.24, 2.45) is 0 Å². The quantitative estimate of drug-likeness (QED) is 0.854. The highest BCUT2D eigenvalue weighted by Gasteiger charge is 2.19. The first-order valence-electron chi connectivity index (χ1n) is 5.35. The first-order valence-corrected chi connectivity index (χ1v) is 6.15. The summed E-state index contributed by atoms with van der Waals surface area (Å²) in [6.45, 7) is 5.31. The maximum Gasteiger partial charge on any atom is 0.184 e. The van der Waals surface area contributed by atoms with E-state index < -0.39 is 0 Å². The van der Waals surface area contributed by atoms with Gasteiger partial charge in [-0.2, -0.15) is 0 Å². The molecule has 1 aliphatic rings. The molecule has 0 aliphatic carbocycles. The Morgan fingerprint density at radius 2 is 1.94 bits per heavy atom. The third-order valence-corrected chi connectivity index (χ3v) is 2.62. The van der Waals surface area contributed by atoms with E-state index in [0.717, 1.165) is 15.8 Å². The van der Waals surface area contributed by atoms with E-state index in [0.29, 0.717) is 13.2 Å². The van der Waals surface area contributed by atoms with Crippen LogP contribution in [0, 0.1) is 0 Å². The van der Waals surface area contributed by atoms with E-state index >= 15 is 0 Å². The first kappa shape index (κ1) is 11.9. The lowest BCUT2D eigenvalue weighted by atomic mass is 10.2. The van der Waals surface area contributed by atoms with Gasteiger partial charge < -0.3 is 14.2 Å². The molecule has 0 radical (unpaired) electrons. The van der Waals surface area contributed by atoms with Crippen LogP contribution < -0.4 is 4.74 Å². The van der Waals surface area contributed by atoms with Crippen molar-refractivity contribution >= 4 is 15.9 Å². The number of hydrogen-bond donors (Lipinski definition) is 0.